The minimum Gasteiger partial charge on any atom is -0.347 e. The average molecular weight is 359 g/mol. The van der Waals surface area contributed by atoms with Crippen molar-refractivity contribution in [3.63, 3.8) is 0 Å². The van der Waals surface area contributed by atoms with Crippen molar-refractivity contribution < 1.29 is 19.0 Å². The van der Waals surface area contributed by atoms with Crippen molar-refractivity contribution in [3.05, 3.63) is 35.9 Å². The molecule has 0 aliphatic carbocycles. The normalized spacial score (nSPS) is 12.5. The van der Waals surface area contributed by atoms with E-state index < -0.39 is 0 Å². The van der Waals surface area contributed by atoms with Crippen molar-refractivity contribution in [2.45, 2.75) is 33.2 Å². The number of aryl methyl sites for hydroxylation is 1. The second-order valence-corrected chi connectivity index (χ2v) is 7.60. The highest BCUT2D eigenvalue weighted by Crippen LogP contribution is 2.21. The van der Waals surface area contributed by atoms with Crippen LogP contribution < -0.4 is 15.5 Å². The van der Waals surface area contributed by atoms with Crippen LogP contribution >= 0.6 is 0 Å². The van der Waals surface area contributed by atoms with Gasteiger partial charge in [-0.3, -0.25) is 14.9 Å². The SMILES string of the molecule is Cc1ccc(-c2cc(NC(=O)C[NH+](C)CC(=O)NC(C)(C)C)on2)cc1. The van der Waals surface area contributed by atoms with Crippen LogP contribution in [0.25, 0.3) is 11.3 Å². The number of quaternary nitrogens is 1. The van der Waals surface area contributed by atoms with Crippen molar-refractivity contribution in [1.29, 1.82) is 0 Å². The van der Waals surface area contributed by atoms with Crippen molar-refractivity contribution in [1.82, 2.24) is 10.5 Å². The van der Waals surface area contributed by atoms with Gasteiger partial charge in [-0.2, -0.15) is 0 Å². The standard InChI is InChI=1S/C19H26N4O3/c1-13-6-8-14(9-7-13)15-10-18(26-22-15)20-16(24)11-23(5)12-17(25)21-19(2,3)4/h6-10H,11-12H2,1-5H3,(H,20,24)(H,21,25)/p+1. The fourth-order valence-corrected chi connectivity index (χ4v) is 2.45. The van der Waals surface area contributed by atoms with Crippen LogP contribution in [-0.4, -0.2) is 42.6 Å². The van der Waals surface area contributed by atoms with Gasteiger partial charge in [0.1, 0.15) is 5.69 Å². The summed E-state index contributed by atoms with van der Waals surface area (Å²) in [6, 6.07) is 9.56. The molecule has 7 nitrogen and oxygen atoms in total. The number of carbonyl (C=O) groups excluding carboxylic acids is 2. The van der Waals surface area contributed by atoms with Crippen LogP contribution in [-0.2, 0) is 9.59 Å². The summed E-state index contributed by atoms with van der Waals surface area (Å²) < 4.78 is 5.18. The predicted octanol–water partition coefficient (Wildman–Crippen LogP) is 1.02. The van der Waals surface area contributed by atoms with E-state index in [0.29, 0.717) is 5.69 Å². The summed E-state index contributed by atoms with van der Waals surface area (Å²) in [5.74, 6) is -0.0423. The van der Waals surface area contributed by atoms with Crippen LogP contribution in [0.3, 0.4) is 0 Å². The average Bonchev–Trinajstić information content (AvgIpc) is 2.93. The van der Waals surface area contributed by atoms with Gasteiger partial charge in [-0.15, -0.1) is 0 Å². The fraction of sp³-hybridized carbons (Fsp3) is 0.421. The lowest BCUT2D eigenvalue weighted by Crippen LogP contribution is -3.11. The zero-order valence-corrected chi connectivity index (χ0v) is 16.0. The molecule has 1 atom stereocenters. The molecule has 0 saturated carbocycles. The van der Waals surface area contributed by atoms with Crippen molar-refractivity contribution in [3.8, 4) is 11.3 Å². The molecule has 0 radical (unpaired) electrons. The molecule has 1 aromatic carbocycles. The topological polar surface area (TPSA) is 88.7 Å². The van der Waals surface area contributed by atoms with E-state index in [1.807, 2.05) is 52.0 Å². The first kappa shape index (κ1) is 19.7. The number of rotatable bonds is 6. The number of nitrogens with one attached hydrogen (secondary N) is 3. The Kier molecular flexibility index (Phi) is 6.15. The molecule has 26 heavy (non-hydrogen) atoms. The largest absolute Gasteiger partial charge is 0.347 e. The molecule has 1 heterocycles. The van der Waals surface area contributed by atoms with Gasteiger partial charge in [0.05, 0.1) is 7.05 Å². The number of amides is 2. The summed E-state index contributed by atoms with van der Waals surface area (Å²) in [6.45, 7) is 8.14. The molecular weight excluding hydrogens is 332 g/mol. The molecule has 2 rings (SSSR count). The zero-order chi connectivity index (χ0) is 19.3. The minimum absolute atomic E-state index is 0.0934. The number of aromatic nitrogens is 1. The van der Waals surface area contributed by atoms with Crippen molar-refractivity contribution in [2.24, 2.45) is 0 Å². The maximum atomic E-state index is 12.1. The number of benzene rings is 1. The molecule has 0 fully saturated rings. The summed E-state index contributed by atoms with van der Waals surface area (Å²) in [7, 11) is 1.79. The second kappa shape index (κ2) is 8.14. The van der Waals surface area contributed by atoms with Gasteiger partial charge >= 0.3 is 0 Å². The molecule has 0 spiro atoms. The first-order valence-electron chi connectivity index (χ1n) is 8.58. The van der Waals surface area contributed by atoms with Crippen LogP contribution in [0.4, 0.5) is 5.88 Å². The summed E-state index contributed by atoms with van der Waals surface area (Å²) >= 11 is 0. The Labute approximate surface area is 153 Å². The monoisotopic (exact) mass is 359 g/mol. The quantitative estimate of drug-likeness (QED) is 0.718. The maximum Gasteiger partial charge on any atom is 0.281 e. The Morgan fingerprint density at radius 1 is 1.12 bits per heavy atom. The van der Waals surface area contributed by atoms with Gasteiger partial charge in [0.15, 0.2) is 13.1 Å². The van der Waals surface area contributed by atoms with Crippen molar-refractivity contribution in [2.75, 3.05) is 25.5 Å². The Morgan fingerprint density at radius 3 is 2.35 bits per heavy atom. The van der Waals surface area contributed by atoms with Crippen molar-refractivity contribution >= 4 is 17.7 Å². The number of hydrogen-bond donors (Lipinski definition) is 3. The summed E-state index contributed by atoms with van der Waals surface area (Å²) in [6.07, 6.45) is 0. The maximum absolute atomic E-state index is 12.1. The molecule has 2 aromatic rings. The van der Waals surface area contributed by atoms with Crippen LogP contribution in [0.2, 0.25) is 0 Å². The highest BCUT2D eigenvalue weighted by Gasteiger charge is 2.19. The van der Waals surface area contributed by atoms with Crippen LogP contribution in [0.1, 0.15) is 26.3 Å². The third-order valence-corrected chi connectivity index (χ3v) is 3.56. The summed E-state index contributed by atoms with van der Waals surface area (Å²) in [5.41, 5.74) is 2.45. The Bertz CT molecular complexity index is 760. The number of anilines is 1. The van der Waals surface area contributed by atoms with E-state index >= 15 is 0 Å². The lowest BCUT2D eigenvalue weighted by Gasteiger charge is -2.21. The van der Waals surface area contributed by atoms with E-state index in [9.17, 15) is 9.59 Å². The van der Waals surface area contributed by atoms with Gasteiger partial charge in [0.25, 0.3) is 11.8 Å². The molecule has 0 aliphatic rings. The Hall–Kier alpha value is -2.67. The molecule has 1 unspecified atom stereocenters. The molecular formula is C19H27N4O3+. The smallest absolute Gasteiger partial charge is 0.281 e. The number of carbonyl (C=O) groups is 2. The summed E-state index contributed by atoms with van der Waals surface area (Å²) in [5, 5.41) is 9.53. The molecule has 7 heteroatoms. The third-order valence-electron chi connectivity index (χ3n) is 3.56. The highest BCUT2D eigenvalue weighted by molar-refractivity contribution is 5.90. The number of nitrogens with zero attached hydrogens (tertiary/aromatic N) is 1. The fourth-order valence-electron chi connectivity index (χ4n) is 2.45. The molecule has 0 aliphatic heterocycles. The van der Waals surface area contributed by atoms with Gasteiger partial charge in [-0.05, 0) is 27.7 Å². The first-order valence-corrected chi connectivity index (χ1v) is 8.58. The molecule has 1 aromatic heterocycles. The van der Waals surface area contributed by atoms with E-state index in [1.54, 1.807) is 13.1 Å². The van der Waals surface area contributed by atoms with E-state index in [1.165, 1.54) is 0 Å². The summed E-state index contributed by atoms with van der Waals surface area (Å²) in [4.78, 5) is 24.8. The Morgan fingerprint density at radius 2 is 1.73 bits per heavy atom. The van der Waals surface area contributed by atoms with Crippen LogP contribution in [0.15, 0.2) is 34.9 Å². The van der Waals surface area contributed by atoms with Gasteiger partial charge in [0.2, 0.25) is 5.88 Å². The number of likely N-dealkylation sites (N-methyl/N-ethyl adjacent to an activating group) is 1. The van der Waals surface area contributed by atoms with E-state index in [-0.39, 0.29) is 36.3 Å². The molecule has 0 saturated heterocycles. The van der Waals surface area contributed by atoms with Gasteiger partial charge in [-0.1, -0.05) is 35.0 Å². The van der Waals surface area contributed by atoms with Gasteiger partial charge in [-0.25, -0.2) is 0 Å². The predicted molar refractivity (Wildman–Crippen MR) is 99.8 cm³/mol. The van der Waals surface area contributed by atoms with E-state index in [0.717, 1.165) is 16.0 Å². The third kappa shape index (κ3) is 6.33. The number of hydrogen-bond acceptors (Lipinski definition) is 4. The molecule has 0 bridgehead atoms. The highest BCUT2D eigenvalue weighted by atomic mass is 16.5. The molecule has 140 valence electrons. The van der Waals surface area contributed by atoms with Crippen LogP contribution in [0.5, 0.6) is 0 Å². The molecule has 3 N–H and O–H groups in total. The first-order chi connectivity index (χ1) is 12.1. The van der Waals surface area contributed by atoms with Gasteiger partial charge < -0.3 is 14.7 Å². The second-order valence-electron chi connectivity index (χ2n) is 7.60. The Balaban J connectivity index is 1.86. The van der Waals surface area contributed by atoms with E-state index in [4.69, 9.17) is 4.52 Å². The van der Waals surface area contributed by atoms with Gasteiger partial charge in [0, 0.05) is 17.2 Å². The minimum atomic E-state index is -0.286. The van der Waals surface area contributed by atoms with E-state index in [2.05, 4.69) is 15.8 Å². The lowest BCUT2D eigenvalue weighted by molar-refractivity contribution is -0.862. The lowest BCUT2D eigenvalue weighted by atomic mass is 10.1. The molecule has 2 amide bonds. The zero-order valence-electron chi connectivity index (χ0n) is 16.0. The van der Waals surface area contributed by atoms with Crippen LogP contribution in [0, 0.1) is 6.92 Å².